The van der Waals surface area contributed by atoms with Crippen LogP contribution >= 0.6 is 0 Å². The molecule has 4 aliphatic rings. The zero-order valence-corrected chi connectivity index (χ0v) is 20.2. The van der Waals surface area contributed by atoms with Crippen LogP contribution in [0.3, 0.4) is 0 Å². The van der Waals surface area contributed by atoms with Crippen molar-refractivity contribution in [1.82, 2.24) is 5.32 Å². The van der Waals surface area contributed by atoms with Gasteiger partial charge in [-0.2, -0.15) is 0 Å². The van der Waals surface area contributed by atoms with Crippen molar-refractivity contribution < 1.29 is 9.90 Å². The predicted octanol–water partition coefficient (Wildman–Crippen LogP) is 5.98. The summed E-state index contributed by atoms with van der Waals surface area (Å²) in [5.41, 5.74) is 2.92. The molecule has 1 atom stereocenters. The summed E-state index contributed by atoms with van der Waals surface area (Å²) in [6, 6.07) is 17.6. The smallest absolute Gasteiger partial charge is 0.335 e. The molecule has 0 amide bonds. The van der Waals surface area contributed by atoms with Gasteiger partial charge in [-0.25, -0.2) is 4.79 Å². The molecule has 4 bridgehead atoms. The van der Waals surface area contributed by atoms with Crippen LogP contribution in [0.15, 0.2) is 59.6 Å². The average molecular weight is 460 g/mol. The Kier molecular flexibility index (Phi) is 6.62. The van der Waals surface area contributed by atoms with E-state index in [1.165, 1.54) is 50.5 Å². The van der Waals surface area contributed by atoms with Crippen LogP contribution < -0.4 is 10.6 Å². The fourth-order valence-electron chi connectivity index (χ4n) is 7.37. The molecule has 4 aliphatic carbocycles. The van der Waals surface area contributed by atoms with Crippen LogP contribution in [0.25, 0.3) is 0 Å². The van der Waals surface area contributed by atoms with Gasteiger partial charge in [0.15, 0.2) is 5.96 Å². The Labute approximate surface area is 203 Å². The van der Waals surface area contributed by atoms with E-state index in [2.05, 4.69) is 41.8 Å². The Morgan fingerprint density at radius 1 is 1.00 bits per heavy atom. The van der Waals surface area contributed by atoms with Gasteiger partial charge in [0.25, 0.3) is 0 Å². The number of aliphatic imine (C=N–C) groups is 1. The molecule has 180 valence electrons. The molecule has 6 rings (SSSR count). The minimum atomic E-state index is -0.911. The maximum atomic E-state index is 11.2. The Bertz CT molecular complexity index is 980. The molecule has 0 heterocycles. The van der Waals surface area contributed by atoms with Crippen LogP contribution in [0.5, 0.6) is 0 Å². The first kappa shape index (κ1) is 22.9. The fraction of sp³-hybridized carbons (Fsp3) is 0.517. The maximum absolute atomic E-state index is 11.2. The molecular formula is C29H37N3O2. The minimum absolute atomic E-state index is 0.288. The SMILES string of the molecule is C[C@@H](CC12CC3CC(CC(C3)C1)C2)NC(=NCCc1ccccc1)Nc1ccc(C(=O)O)cc1. The Morgan fingerprint density at radius 3 is 2.21 bits per heavy atom. The van der Waals surface area contributed by atoms with Gasteiger partial charge in [0, 0.05) is 18.3 Å². The molecule has 0 spiro atoms. The molecule has 2 aromatic rings. The first-order valence-electron chi connectivity index (χ1n) is 12.9. The third-order valence-electron chi connectivity index (χ3n) is 8.20. The van der Waals surface area contributed by atoms with Crippen LogP contribution in [-0.2, 0) is 6.42 Å². The zero-order valence-electron chi connectivity index (χ0n) is 20.2. The number of rotatable bonds is 8. The molecule has 0 aliphatic heterocycles. The quantitative estimate of drug-likeness (QED) is 0.335. The highest BCUT2D eigenvalue weighted by molar-refractivity contribution is 5.94. The van der Waals surface area contributed by atoms with Crippen molar-refractivity contribution in [3.63, 3.8) is 0 Å². The van der Waals surface area contributed by atoms with E-state index in [-0.39, 0.29) is 5.56 Å². The summed E-state index contributed by atoms with van der Waals surface area (Å²) in [6.07, 6.45) is 10.7. The van der Waals surface area contributed by atoms with E-state index in [1.54, 1.807) is 12.1 Å². The van der Waals surface area contributed by atoms with E-state index in [1.807, 2.05) is 18.2 Å². The fourth-order valence-corrected chi connectivity index (χ4v) is 7.37. The highest BCUT2D eigenvalue weighted by Crippen LogP contribution is 2.61. The second-order valence-electron chi connectivity index (χ2n) is 11.1. The van der Waals surface area contributed by atoms with Crippen molar-refractivity contribution in [1.29, 1.82) is 0 Å². The van der Waals surface area contributed by atoms with Gasteiger partial charge >= 0.3 is 5.97 Å². The molecule has 3 N–H and O–H groups in total. The first-order valence-corrected chi connectivity index (χ1v) is 12.9. The summed E-state index contributed by atoms with van der Waals surface area (Å²) in [6.45, 7) is 2.98. The monoisotopic (exact) mass is 459 g/mol. The number of carbonyl (C=O) groups is 1. The van der Waals surface area contributed by atoms with Crippen molar-refractivity contribution in [3.8, 4) is 0 Å². The summed E-state index contributed by atoms with van der Waals surface area (Å²) in [5.74, 6) is 2.75. The topological polar surface area (TPSA) is 73.7 Å². The van der Waals surface area contributed by atoms with Crippen molar-refractivity contribution >= 4 is 17.6 Å². The lowest BCUT2D eigenvalue weighted by Gasteiger charge is -2.57. The predicted molar refractivity (Wildman–Crippen MR) is 137 cm³/mol. The van der Waals surface area contributed by atoms with Crippen molar-refractivity contribution in [2.24, 2.45) is 28.2 Å². The highest BCUT2D eigenvalue weighted by Gasteiger charge is 2.51. The van der Waals surface area contributed by atoms with Crippen molar-refractivity contribution in [2.45, 2.75) is 64.3 Å². The number of carboxylic acid groups (broad SMARTS) is 1. The zero-order chi connectivity index (χ0) is 23.5. The molecule has 34 heavy (non-hydrogen) atoms. The first-order chi connectivity index (χ1) is 16.5. The van der Waals surface area contributed by atoms with Gasteiger partial charge in [0.2, 0.25) is 0 Å². The van der Waals surface area contributed by atoms with E-state index < -0.39 is 5.97 Å². The van der Waals surface area contributed by atoms with Crippen LogP contribution in [-0.4, -0.2) is 29.6 Å². The Balaban J connectivity index is 1.26. The Morgan fingerprint density at radius 2 is 1.62 bits per heavy atom. The second-order valence-corrected chi connectivity index (χ2v) is 11.1. The number of guanidine groups is 1. The molecule has 0 unspecified atom stereocenters. The van der Waals surface area contributed by atoms with Gasteiger partial charge in [-0.15, -0.1) is 0 Å². The van der Waals surface area contributed by atoms with Gasteiger partial charge in [0.1, 0.15) is 0 Å². The molecular weight excluding hydrogens is 422 g/mol. The summed E-state index contributed by atoms with van der Waals surface area (Å²) >= 11 is 0. The largest absolute Gasteiger partial charge is 0.478 e. The number of nitrogens with zero attached hydrogens (tertiary/aromatic N) is 1. The summed E-state index contributed by atoms with van der Waals surface area (Å²) < 4.78 is 0. The number of hydrogen-bond acceptors (Lipinski definition) is 2. The molecule has 0 radical (unpaired) electrons. The van der Waals surface area contributed by atoms with E-state index >= 15 is 0 Å². The van der Waals surface area contributed by atoms with Crippen LogP contribution in [0.1, 0.15) is 67.8 Å². The lowest BCUT2D eigenvalue weighted by atomic mass is 9.48. The minimum Gasteiger partial charge on any atom is -0.478 e. The van der Waals surface area contributed by atoms with Gasteiger partial charge in [-0.3, -0.25) is 4.99 Å². The molecule has 5 heteroatoms. The molecule has 0 saturated heterocycles. The molecule has 2 aromatic carbocycles. The highest BCUT2D eigenvalue weighted by atomic mass is 16.4. The number of hydrogen-bond donors (Lipinski definition) is 3. The second kappa shape index (κ2) is 9.81. The molecule has 5 nitrogen and oxygen atoms in total. The number of aromatic carboxylic acids is 1. The number of benzene rings is 2. The van der Waals surface area contributed by atoms with Crippen molar-refractivity contribution in [3.05, 3.63) is 65.7 Å². The molecule has 0 aromatic heterocycles. The normalized spacial score (nSPS) is 28.5. The van der Waals surface area contributed by atoms with Crippen LogP contribution in [0.4, 0.5) is 5.69 Å². The van der Waals surface area contributed by atoms with Gasteiger partial charge in [-0.1, -0.05) is 30.3 Å². The number of anilines is 1. The number of nitrogens with one attached hydrogen (secondary N) is 2. The molecule has 4 fully saturated rings. The van der Waals surface area contributed by atoms with Crippen LogP contribution in [0, 0.1) is 23.2 Å². The third kappa shape index (κ3) is 5.45. The van der Waals surface area contributed by atoms with E-state index in [4.69, 9.17) is 4.99 Å². The van der Waals surface area contributed by atoms with E-state index in [9.17, 15) is 9.90 Å². The van der Waals surface area contributed by atoms with Gasteiger partial charge in [-0.05, 0) is 111 Å². The van der Waals surface area contributed by atoms with E-state index in [0.717, 1.165) is 35.8 Å². The third-order valence-corrected chi connectivity index (χ3v) is 8.20. The van der Waals surface area contributed by atoms with Gasteiger partial charge in [0.05, 0.1) is 5.56 Å². The standard InChI is InChI=1S/C29H37N3O2/c1-20(16-29-17-22-13-23(18-29)15-24(14-22)19-29)31-28(30-12-11-21-5-3-2-4-6-21)32-26-9-7-25(8-10-26)27(33)34/h2-10,20,22-24H,11-19H2,1H3,(H,33,34)(H2,30,31,32)/t20-,22?,23?,24?,29?/m0/s1. The summed E-state index contributed by atoms with van der Waals surface area (Å²) in [5, 5.41) is 16.3. The van der Waals surface area contributed by atoms with Crippen LogP contribution in [0.2, 0.25) is 0 Å². The average Bonchev–Trinajstić information content (AvgIpc) is 2.78. The maximum Gasteiger partial charge on any atom is 0.335 e. The van der Waals surface area contributed by atoms with E-state index in [0.29, 0.717) is 18.0 Å². The molecule has 4 saturated carbocycles. The lowest BCUT2D eigenvalue weighted by Crippen LogP contribution is -2.49. The Hall–Kier alpha value is -2.82. The lowest BCUT2D eigenvalue weighted by molar-refractivity contribution is -0.0603. The van der Waals surface area contributed by atoms with Crippen molar-refractivity contribution in [2.75, 3.05) is 11.9 Å². The number of carboxylic acids is 1. The summed E-state index contributed by atoms with van der Waals surface area (Å²) in [7, 11) is 0. The van der Waals surface area contributed by atoms with Gasteiger partial charge < -0.3 is 15.7 Å². The summed E-state index contributed by atoms with van der Waals surface area (Å²) in [4.78, 5) is 16.1.